The van der Waals surface area contributed by atoms with E-state index in [-0.39, 0.29) is 12.0 Å². The van der Waals surface area contributed by atoms with E-state index in [0.29, 0.717) is 18.0 Å². The summed E-state index contributed by atoms with van der Waals surface area (Å²) in [5.41, 5.74) is 4.01. The molecule has 3 aromatic rings. The third-order valence-corrected chi connectivity index (χ3v) is 7.87. The van der Waals surface area contributed by atoms with Crippen molar-refractivity contribution in [3.05, 3.63) is 47.6 Å². The summed E-state index contributed by atoms with van der Waals surface area (Å²) in [7, 11) is 0. The van der Waals surface area contributed by atoms with E-state index in [0.717, 1.165) is 60.6 Å². The molecule has 1 aromatic carbocycles. The van der Waals surface area contributed by atoms with Gasteiger partial charge < -0.3 is 14.5 Å². The lowest BCUT2D eigenvalue weighted by Gasteiger charge is -2.44. The number of nitrogens with zero attached hydrogens (tertiary/aromatic N) is 4. The fraction of sp³-hybridized carbons (Fsp3) is 0.458. The van der Waals surface area contributed by atoms with Gasteiger partial charge in [0.1, 0.15) is 17.7 Å². The minimum absolute atomic E-state index is 0.0918. The van der Waals surface area contributed by atoms with Gasteiger partial charge in [-0.15, -0.1) is 11.3 Å². The van der Waals surface area contributed by atoms with Crippen molar-refractivity contribution >= 4 is 33.3 Å². The van der Waals surface area contributed by atoms with E-state index in [1.54, 1.807) is 11.3 Å². The van der Waals surface area contributed by atoms with E-state index in [1.165, 1.54) is 5.56 Å². The predicted molar refractivity (Wildman–Crippen MR) is 122 cm³/mol. The molecule has 2 aliphatic heterocycles. The number of aryl methyl sites for hydroxylation is 1. The summed E-state index contributed by atoms with van der Waals surface area (Å²) >= 11 is 1.61. The molecule has 2 atom stereocenters. The number of carbonyl (C=O) groups excluding carboxylic acids is 1. The Balaban J connectivity index is 1.07. The third-order valence-electron chi connectivity index (χ3n) is 7.01. The number of piperazine rings is 1. The molecule has 2 saturated heterocycles. The number of likely N-dealkylation sites (tertiary alicyclic amines) is 1. The lowest BCUT2D eigenvalue weighted by Crippen LogP contribution is -2.58. The van der Waals surface area contributed by atoms with Crippen LogP contribution in [0, 0.1) is 12.8 Å². The maximum Gasteiger partial charge on any atom is 0.226 e. The first kappa shape index (κ1) is 19.0. The maximum absolute atomic E-state index is 13.2. The summed E-state index contributed by atoms with van der Waals surface area (Å²) in [6.07, 6.45) is 5.95. The number of anilines is 1. The number of ether oxygens (including phenoxy) is 1. The number of carbonyl (C=O) groups is 1. The van der Waals surface area contributed by atoms with Crippen LogP contribution in [0.25, 0.3) is 10.2 Å². The Morgan fingerprint density at radius 3 is 2.65 bits per heavy atom. The molecule has 1 saturated carbocycles. The average molecular weight is 435 g/mol. The first-order valence-electron chi connectivity index (χ1n) is 11.1. The molecule has 2 unspecified atom stereocenters. The Labute approximate surface area is 185 Å². The summed E-state index contributed by atoms with van der Waals surface area (Å²) in [4.78, 5) is 26.7. The van der Waals surface area contributed by atoms with Crippen molar-refractivity contribution in [2.45, 2.75) is 50.8 Å². The molecule has 3 fully saturated rings. The number of benzene rings is 1. The van der Waals surface area contributed by atoms with Gasteiger partial charge in [-0.3, -0.25) is 4.79 Å². The number of aromatic nitrogens is 2. The van der Waals surface area contributed by atoms with Crippen LogP contribution in [0.3, 0.4) is 0 Å². The lowest BCUT2D eigenvalue weighted by molar-refractivity contribution is -0.142. The summed E-state index contributed by atoms with van der Waals surface area (Å²) in [6, 6.07) is 11.0. The molecular weight excluding hydrogens is 408 g/mol. The highest BCUT2D eigenvalue weighted by atomic mass is 32.1. The number of pyridine rings is 1. The maximum atomic E-state index is 13.2. The standard InChI is InChI=1S/C24H26N4O2S/c1-15-5-8-22(25-11-15)28-17-6-7-18(28)13-27(12-17)24(29)16-9-19(10-16)30-21-4-2-3-20-23(21)31-14-26-20/h2-5,8,11,14,16-19H,6-7,9-10,12-13H2,1H3. The van der Waals surface area contributed by atoms with Crippen molar-refractivity contribution in [2.75, 3.05) is 18.0 Å². The van der Waals surface area contributed by atoms with Gasteiger partial charge in [0.25, 0.3) is 0 Å². The smallest absolute Gasteiger partial charge is 0.226 e. The van der Waals surface area contributed by atoms with Crippen LogP contribution in [-0.4, -0.2) is 52.1 Å². The zero-order chi connectivity index (χ0) is 20.9. The number of amides is 1. The monoisotopic (exact) mass is 434 g/mol. The van der Waals surface area contributed by atoms with Crippen LogP contribution in [0.2, 0.25) is 0 Å². The van der Waals surface area contributed by atoms with Crippen LogP contribution >= 0.6 is 11.3 Å². The first-order valence-corrected chi connectivity index (χ1v) is 12.0. The molecule has 2 aromatic heterocycles. The van der Waals surface area contributed by atoms with Gasteiger partial charge in [-0.1, -0.05) is 12.1 Å². The van der Waals surface area contributed by atoms with Crippen molar-refractivity contribution in [1.82, 2.24) is 14.9 Å². The van der Waals surface area contributed by atoms with E-state index >= 15 is 0 Å². The van der Waals surface area contributed by atoms with Crippen molar-refractivity contribution in [2.24, 2.45) is 5.92 Å². The fourth-order valence-electron chi connectivity index (χ4n) is 5.32. The molecule has 2 bridgehead atoms. The van der Waals surface area contributed by atoms with Crippen molar-refractivity contribution in [1.29, 1.82) is 0 Å². The third kappa shape index (κ3) is 3.35. The van der Waals surface area contributed by atoms with Gasteiger partial charge in [0, 0.05) is 37.3 Å². The summed E-state index contributed by atoms with van der Waals surface area (Å²) in [6.45, 7) is 3.69. The van der Waals surface area contributed by atoms with Crippen LogP contribution in [0.15, 0.2) is 42.0 Å². The Morgan fingerprint density at radius 2 is 1.90 bits per heavy atom. The molecule has 6 nitrogen and oxygen atoms in total. The molecule has 1 amide bonds. The highest BCUT2D eigenvalue weighted by molar-refractivity contribution is 7.17. The molecule has 3 aliphatic rings. The summed E-state index contributed by atoms with van der Waals surface area (Å²) in [5, 5.41) is 0. The second kappa shape index (κ2) is 7.48. The second-order valence-corrected chi connectivity index (χ2v) is 9.95. The molecule has 1 aliphatic carbocycles. The Morgan fingerprint density at radius 1 is 1.10 bits per heavy atom. The van der Waals surface area contributed by atoms with Gasteiger partial charge in [0.05, 0.1) is 15.7 Å². The second-order valence-electron chi connectivity index (χ2n) is 9.09. The Hall–Kier alpha value is -2.67. The summed E-state index contributed by atoms with van der Waals surface area (Å²) < 4.78 is 7.30. The Bertz CT molecular complexity index is 1090. The van der Waals surface area contributed by atoms with Gasteiger partial charge in [-0.25, -0.2) is 9.97 Å². The topological polar surface area (TPSA) is 58.6 Å². The van der Waals surface area contributed by atoms with E-state index in [9.17, 15) is 4.79 Å². The fourth-order valence-corrected chi connectivity index (χ4v) is 6.07. The largest absolute Gasteiger partial charge is 0.489 e. The van der Waals surface area contributed by atoms with E-state index in [1.807, 2.05) is 29.9 Å². The van der Waals surface area contributed by atoms with Gasteiger partial charge >= 0.3 is 0 Å². The number of hydrogen-bond acceptors (Lipinski definition) is 6. The van der Waals surface area contributed by atoms with Gasteiger partial charge in [-0.2, -0.15) is 0 Å². The predicted octanol–water partition coefficient (Wildman–Crippen LogP) is 4.04. The minimum Gasteiger partial charge on any atom is -0.489 e. The van der Waals surface area contributed by atoms with Crippen LogP contribution in [0.4, 0.5) is 5.82 Å². The molecule has 6 rings (SSSR count). The lowest BCUT2D eigenvalue weighted by atomic mass is 9.81. The number of thiazole rings is 1. The zero-order valence-corrected chi connectivity index (χ0v) is 18.4. The Kier molecular flexibility index (Phi) is 4.60. The number of hydrogen-bond donors (Lipinski definition) is 0. The van der Waals surface area contributed by atoms with Gasteiger partial charge in [0.15, 0.2) is 0 Å². The molecule has 160 valence electrons. The van der Waals surface area contributed by atoms with Crippen LogP contribution < -0.4 is 9.64 Å². The van der Waals surface area contributed by atoms with Crippen LogP contribution in [0.5, 0.6) is 5.75 Å². The van der Waals surface area contributed by atoms with Crippen LogP contribution in [0.1, 0.15) is 31.2 Å². The van der Waals surface area contributed by atoms with E-state index in [4.69, 9.17) is 4.74 Å². The van der Waals surface area contributed by atoms with Gasteiger partial charge in [-0.05, 0) is 56.4 Å². The van der Waals surface area contributed by atoms with Crippen molar-refractivity contribution < 1.29 is 9.53 Å². The van der Waals surface area contributed by atoms with Crippen molar-refractivity contribution in [3.8, 4) is 5.75 Å². The van der Waals surface area contributed by atoms with Gasteiger partial charge in [0.2, 0.25) is 5.91 Å². The normalized spacial score (nSPS) is 27.4. The summed E-state index contributed by atoms with van der Waals surface area (Å²) in [5.74, 6) is 2.35. The minimum atomic E-state index is 0.0918. The SMILES string of the molecule is Cc1ccc(N2C3CCC2CN(C(=O)C2CC(Oc4cccc5ncsc45)C2)C3)nc1. The van der Waals surface area contributed by atoms with Crippen LogP contribution in [-0.2, 0) is 4.79 Å². The molecule has 0 N–H and O–H groups in total. The quantitative estimate of drug-likeness (QED) is 0.620. The molecule has 4 heterocycles. The zero-order valence-electron chi connectivity index (χ0n) is 17.6. The highest BCUT2D eigenvalue weighted by Gasteiger charge is 2.45. The molecular formula is C24H26N4O2S. The molecule has 7 heteroatoms. The van der Waals surface area contributed by atoms with E-state index < -0.39 is 0 Å². The average Bonchev–Trinajstić information content (AvgIpc) is 3.33. The van der Waals surface area contributed by atoms with Crippen molar-refractivity contribution in [3.63, 3.8) is 0 Å². The molecule has 31 heavy (non-hydrogen) atoms. The van der Waals surface area contributed by atoms with E-state index in [2.05, 4.69) is 38.8 Å². The highest BCUT2D eigenvalue weighted by Crippen LogP contribution is 2.39. The first-order chi connectivity index (χ1) is 15.2. The number of rotatable bonds is 4. The molecule has 0 radical (unpaired) electrons. The number of fused-ring (bicyclic) bond motifs is 3. The molecule has 0 spiro atoms.